The van der Waals surface area contributed by atoms with Crippen molar-refractivity contribution in [1.82, 2.24) is 19.5 Å². The third-order valence-electron chi connectivity index (χ3n) is 4.16. The van der Waals surface area contributed by atoms with Crippen molar-refractivity contribution in [3.63, 3.8) is 0 Å². The number of anilines is 1. The summed E-state index contributed by atoms with van der Waals surface area (Å²) in [5.74, 6) is 0.753. The predicted molar refractivity (Wildman–Crippen MR) is 115 cm³/mol. The van der Waals surface area contributed by atoms with Crippen LogP contribution in [0, 0.1) is 20.8 Å². The molecule has 0 spiro atoms. The van der Waals surface area contributed by atoms with Crippen molar-refractivity contribution >= 4 is 35.0 Å². The van der Waals surface area contributed by atoms with Crippen LogP contribution in [0.25, 0.3) is 17.0 Å². The van der Waals surface area contributed by atoms with Gasteiger partial charge in [0.2, 0.25) is 11.7 Å². The van der Waals surface area contributed by atoms with E-state index in [1.54, 1.807) is 17.5 Å². The number of imidazole rings is 1. The zero-order valence-corrected chi connectivity index (χ0v) is 17.0. The van der Waals surface area contributed by atoms with E-state index in [2.05, 4.69) is 38.4 Å². The quantitative estimate of drug-likeness (QED) is 0.499. The van der Waals surface area contributed by atoms with Crippen LogP contribution in [0.15, 0.2) is 47.2 Å². The van der Waals surface area contributed by atoms with Crippen molar-refractivity contribution in [2.75, 3.05) is 5.32 Å². The highest BCUT2D eigenvalue weighted by atomic mass is 32.1. The minimum absolute atomic E-state index is 0.229. The van der Waals surface area contributed by atoms with Gasteiger partial charge in [-0.1, -0.05) is 35.6 Å². The third kappa shape index (κ3) is 4.46. The number of nitrogens with two attached hydrogens (primary N) is 1. The fraction of sp³-hybridized carbons (Fsp3) is 0.150. The van der Waals surface area contributed by atoms with Gasteiger partial charge in [-0.2, -0.15) is 4.98 Å². The van der Waals surface area contributed by atoms with E-state index < -0.39 is 0 Å². The Balaban J connectivity index is 0.000000755. The van der Waals surface area contributed by atoms with Gasteiger partial charge in [0.1, 0.15) is 11.3 Å². The van der Waals surface area contributed by atoms with E-state index in [0.717, 1.165) is 27.8 Å². The van der Waals surface area contributed by atoms with E-state index in [9.17, 15) is 4.79 Å². The van der Waals surface area contributed by atoms with Crippen LogP contribution in [-0.2, 0) is 0 Å². The summed E-state index contributed by atoms with van der Waals surface area (Å²) in [5.41, 5.74) is 10.3. The van der Waals surface area contributed by atoms with Crippen LogP contribution in [0.3, 0.4) is 0 Å². The van der Waals surface area contributed by atoms with Crippen LogP contribution in [0.1, 0.15) is 27.5 Å². The lowest BCUT2D eigenvalue weighted by Gasteiger charge is -2.09. The molecule has 3 heterocycles. The van der Waals surface area contributed by atoms with Gasteiger partial charge < -0.3 is 15.6 Å². The SMILES string of the molecule is Cc1ccc2ncc(C(=O)Nc3cc(-c4noc(C)n4)ccc3C)n2c1.NC=S. The Morgan fingerprint density at radius 1 is 1.24 bits per heavy atom. The molecule has 0 saturated heterocycles. The number of aromatic nitrogens is 4. The molecule has 0 saturated carbocycles. The van der Waals surface area contributed by atoms with Gasteiger partial charge in [0.15, 0.2) is 0 Å². The van der Waals surface area contributed by atoms with E-state index in [4.69, 9.17) is 4.52 Å². The average Bonchev–Trinajstić information content (AvgIpc) is 3.30. The summed E-state index contributed by atoms with van der Waals surface area (Å²) in [7, 11) is 0. The van der Waals surface area contributed by atoms with Gasteiger partial charge in [0, 0.05) is 24.4 Å². The molecule has 29 heavy (non-hydrogen) atoms. The highest BCUT2D eigenvalue weighted by Gasteiger charge is 2.15. The second-order valence-electron chi connectivity index (χ2n) is 6.34. The molecule has 3 aromatic heterocycles. The van der Waals surface area contributed by atoms with E-state index in [1.807, 2.05) is 50.4 Å². The monoisotopic (exact) mass is 408 g/mol. The number of benzene rings is 1. The number of hydrogen-bond donors (Lipinski definition) is 2. The maximum atomic E-state index is 12.8. The average molecular weight is 408 g/mol. The van der Waals surface area contributed by atoms with Crippen LogP contribution in [0.4, 0.5) is 5.69 Å². The van der Waals surface area contributed by atoms with Crippen LogP contribution in [0.5, 0.6) is 0 Å². The standard InChI is InChI=1S/C19H17N5O2.CH3NS/c1-11-4-7-17-20-9-16(24(17)10-11)19(25)22-15-8-14(6-5-12(15)2)18-21-13(3)26-23-18;2-1-3/h4-10H,1-3H3,(H,22,25);1H,(H2,2,3). The number of carbonyl (C=O) groups excluding carboxylic acids is 1. The van der Waals surface area contributed by atoms with Crippen molar-refractivity contribution in [1.29, 1.82) is 0 Å². The Morgan fingerprint density at radius 3 is 2.69 bits per heavy atom. The van der Waals surface area contributed by atoms with Gasteiger partial charge in [-0.05, 0) is 37.1 Å². The first-order chi connectivity index (χ1) is 13.9. The molecule has 0 aliphatic carbocycles. The largest absolute Gasteiger partial charge is 0.396 e. The second-order valence-corrected chi connectivity index (χ2v) is 6.61. The van der Waals surface area contributed by atoms with Gasteiger partial charge >= 0.3 is 0 Å². The molecule has 0 fully saturated rings. The van der Waals surface area contributed by atoms with Crippen molar-refractivity contribution in [2.45, 2.75) is 20.8 Å². The van der Waals surface area contributed by atoms with E-state index in [1.165, 1.54) is 0 Å². The normalized spacial score (nSPS) is 10.3. The highest BCUT2D eigenvalue weighted by Crippen LogP contribution is 2.24. The maximum absolute atomic E-state index is 12.8. The van der Waals surface area contributed by atoms with Crippen molar-refractivity contribution < 1.29 is 9.32 Å². The van der Waals surface area contributed by atoms with Crippen molar-refractivity contribution in [3.05, 3.63) is 65.4 Å². The molecule has 4 aromatic rings. The molecular formula is C20H20N6O2S. The smallest absolute Gasteiger partial charge is 0.274 e. The summed E-state index contributed by atoms with van der Waals surface area (Å²) in [6.45, 7) is 5.64. The number of nitrogens with one attached hydrogen (secondary N) is 1. The number of rotatable bonds is 3. The van der Waals surface area contributed by atoms with E-state index in [-0.39, 0.29) is 5.91 Å². The molecule has 9 heteroatoms. The summed E-state index contributed by atoms with van der Waals surface area (Å²) < 4.78 is 6.81. The minimum atomic E-state index is -0.229. The number of aryl methyl sites for hydroxylation is 3. The Morgan fingerprint density at radius 2 is 2.00 bits per heavy atom. The lowest BCUT2D eigenvalue weighted by molar-refractivity contribution is 0.102. The Labute approximate surface area is 172 Å². The molecule has 0 unspecified atom stereocenters. The second kappa shape index (κ2) is 8.61. The molecule has 4 rings (SSSR count). The number of thiocarbonyl (C=S) groups is 1. The highest BCUT2D eigenvalue weighted by molar-refractivity contribution is 7.78. The summed E-state index contributed by atoms with van der Waals surface area (Å²) in [6.07, 6.45) is 3.47. The zero-order valence-electron chi connectivity index (χ0n) is 16.2. The Kier molecular flexibility index (Phi) is 5.99. The van der Waals surface area contributed by atoms with Gasteiger partial charge in [-0.25, -0.2) is 4.98 Å². The number of carbonyl (C=O) groups is 1. The van der Waals surface area contributed by atoms with Crippen LogP contribution in [-0.4, -0.2) is 30.9 Å². The fourth-order valence-corrected chi connectivity index (χ4v) is 2.75. The first-order valence-corrected chi connectivity index (χ1v) is 9.22. The van der Waals surface area contributed by atoms with Crippen LogP contribution >= 0.6 is 12.2 Å². The molecule has 3 N–H and O–H groups in total. The summed E-state index contributed by atoms with van der Waals surface area (Å²) in [5, 5.41) is 6.88. The van der Waals surface area contributed by atoms with Gasteiger partial charge in [0.05, 0.1) is 11.7 Å². The molecule has 8 nitrogen and oxygen atoms in total. The molecular weight excluding hydrogens is 388 g/mol. The minimum Gasteiger partial charge on any atom is -0.396 e. The number of fused-ring (bicyclic) bond motifs is 1. The summed E-state index contributed by atoms with van der Waals surface area (Å²) in [4.78, 5) is 21.3. The molecule has 0 radical (unpaired) electrons. The Bertz CT molecular complexity index is 1180. The predicted octanol–water partition coefficient (Wildman–Crippen LogP) is 3.46. The lowest BCUT2D eigenvalue weighted by atomic mass is 10.1. The molecule has 148 valence electrons. The Hall–Kier alpha value is -3.59. The number of nitrogens with zero attached hydrogens (tertiary/aromatic N) is 4. The first kappa shape index (κ1) is 20.2. The van der Waals surface area contributed by atoms with E-state index in [0.29, 0.717) is 23.1 Å². The maximum Gasteiger partial charge on any atom is 0.274 e. The fourth-order valence-electron chi connectivity index (χ4n) is 2.75. The molecule has 0 aliphatic heterocycles. The number of amides is 1. The topological polar surface area (TPSA) is 111 Å². The number of hydrogen-bond acceptors (Lipinski definition) is 6. The summed E-state index contributed by atoms with van der Waals surface area (Å²) >= 11 is 4.05. The summed E-state index contributed by atoms with van der Waals surface area (Å²) in [6, 6.07) is 9.50. The molecule has 0 atom stereocenters. The molecule has 1 aromatic carbocycles. The first-order valence-electron chi connectivity index (χ1n) is 8.74. The van der Waals surface area contributed by atoms with Crippen molar-refractivity contribution in [2.24, 2.45) is 5.73 Å². The van der Waals surface area contributed by atoms with Crippen LogP contribution < -0.4 is 11.1 Å². The van der Waals surface area contributed by atoms with Gasteiger partial charge in [-0.15, -0.1) is 0 Å². The third-order valence-corrected chi connectivity index (χ3v) is 4.16. The van der Waals surface area contributed by atoms with Gasteiger partial charge in [-0.3, -0.25) is 9.20 Å². The molecule has 0 aliphatic rings. The lowest BCUT2D eigenvalue weighted by Crippen LogP contribution is -2.15. The number of pyridine rings is 1. The van der Waals surface area contributed by atoms with Crippen LogP contribution in [0.2, 0.25) is 0 Å². The zero-order chi connectivity index (χ0) is 21.0. The molecule has 0 bridgehead atoms. The molecule has 1 amide bonds. The van der Waals surface area contributed by atoms with Crippen molar-refractivity contribution in [3.8, 4) is 11.4 Å². The van der Waals surface area contributed by atoms with E-state index >= 15 is 0 Å². The van der Waals surface area contributed by atoms with Gasteiger partial charge in [0.25, 0.3) is 5.91 Å².